The van der Waals surface area contributed by atoms with Crippen molar-refractivity contribution in [2.24, 2.45) is 0 Å². The quantitative estimate of drug-likeness (QED) is 0.904. The van der Waals surface area contributed by atoms with E-state index in [-0.39, 0.29) is 12.0 Å². The van der Waals surface area contributed by atoms with Crippen LogP contribution in [0.25, 0.3) is 0 Å². The molecule has 21 heavy (non-hydrogen) atoms. The highest BCUT2D eigenvalue weighted by Crippen LogP contribution is 2.30. The van der Waals surface area contributed by atoms with Crippen LogP contribution in [0, 0.1) is 0 Å². The summed E-state index contributed by atoms with van der Waals surface area (Å²) in [6.07, 6.45) is 6.34. The number of carbonyl (C=O) groups is 1. The van der Waals surface area contributed by atoms with Crippen molar-refractivity contribution in [3.05, 3.63) is 59.4 Å². The van der Waals surface area contributed by atoms with E-state index in [2.05, 4.69) is 5.32 Å². The number of hydrogen-bond acceptors (Lipinski definition) is 2. The fourth-order valence-corrected chi connectivity index (χ4v) is 2.83. The van der Waals surface area contributed by atoms with Crippen molar-refractivity contribution in [3.8, 4) is 0 Å². The van der Waals surface area contributed by atoms with Gasteiger partial charge in [-0.05, 0) is 30.4 Å². The van der Waals surface area contributed by atoms with Crippen molar-refractivity contribution in [1.29, 1.82) is 0 Å². The highest BCUT2D eigenvalue weighted by molar-refractivity contribution is 5.75. The Morgan fingerprint density at radius 1 is 1.29 bits per heavy atom. The molecular formula is C17H20N2O2. The lowest BCUT2D eigenvalue weighted by molar-refractivity contribution is -0.121. The number of aliphatic hydroxyl groups is 1. The fourth-order valence-electron chi connectivity index (χ4n) is 2.83. The highest BCUT2D eigenvalue weighted by Gasteiger charge is 2.20. The smallest absolute Gasteiger partial charge is 0.240 e. The molecule has 1 unspecified atom stereocenters. The van der Waals surface area contributed by atoms with Gasteiger partial charge < -0.3 is 15.0 Å². The van der Waals surface area contributed by atoms with Crippen molar-refractivity contribution in [1.82, 2.24) is 9.88 Å². The van der Waals surface area contributed by atoms with Crippen molar-refractivity contribution >= 4 is 5.91 Å². The normalized spacial score (nSPS) is 17.3. The molecule has 0 radical (unpaired) electrons. The van der Waals surface area contributed by atoms with Crippen LogP contribution < -0.4 is 5.32 Å². The summed E-state index contributed by atoms with van der Waals surface area (Å²) in [4.78, 5) is 12.0. The average molecular weight is 284 g/mol. The molecule has 0 bridgehead atoms. The maximum atomic E-state index is 12.0. The fraction of sp³-hybridized carbons (Fsp3) is 0.353. The number of aliphatic hydroxyl groups excluding tert-OH is 1. The maximum absolute atomic E-state index is 12.0. The Hall–Kier alpha value is -2.07. The van der Waals surface area contributed by atoms with Crippen LogP contribution in [0.5, 0.6) is 0 Å². The average Bonchev–Trinajstić information content (AvgIpc) is 2.90. The zero-order valence-electron chi connectivity index (χ0n) is 12.0. The van der Waals surface area contributed by atoms with E-state index in [0.29, 0.717) is 13.1 Å². The SMILES string of the molecule is O=C(Cn1cc2c(c1)C(O)CCC2)NCc1ccccc1. The van der Waals surface area contributed by atoms with Crippen molar-refractivity contribution in [2.75, 3.05) is 0 Å². The maximum Gasteiger partial charge on any atom is 0.240 e. The van der Waals surface area contributed by atoms with Gasteiger partial charge in [-0.3, -0.25) is 4.79 Å². The molecule has 1 amide bonds. The van der Waals surface area contributed by atoms with E-state index in [1.54, 1.807) is 0 Å². The summed E-state index contributed by atoms with van der Waals surface area (Å²) in [5, 5.41) is 12.9. The van der Waals surface area contributed by atoms with E-state index in [1.807, 2.05) is 47.3 Å². The summed E-state index contributed by atoms with van der Waals surface area (Å²) in [6, 6.07) is 9.86. The molecule has 2 N–H and O–H groups in total. The Bertz CT molecular complexity index is 619. The molecule has 110 valence electrons. The first-order valence-corrected chi connectivity index (χ1v) is 7.39. The molecular weight excluding hydrogens is 264 g/mol. The third kappa shape index (κ3) is 3.34. The minimum atomic E-state index is -0.373. The lowest BCUT2D eigenvalue weighted by Gasteiger charge is -2.16. The number of rotatable bonds is 4. The predicted molar refractivity (Wildman–Crippen MR) is 80.6 cm³/mol. The second-order valence-electron chi connectivity index (χ2n) is 5.58. The molecule has 1 aromatic carbocycles. The molecule has 0 saturated carbocycles. The summed E-state index contributed by atoms with van der Waals surface area (Å²) in [7, 11) is 0. The van der Waals surface area contributed by atoms with Gasteiger partial charge in [-0.2, -0.15) is 0 Å². The highest BCUT2D eigenvalue weighted by atomic mass is 16.3. The molecule has 1 aliphatic rings. The molecule has 1 aliphatic carbocycles. The number of carbonyl (C=O) groups excluding carboxylic acids is 1. The van der Waals surface area contributed by atoms with Crippen LogP contribution >= 0.6 is 0 Å². The van der Waals surface area contributed by atoms with Crippen LogP contribution in [0.1, 0.15) is 35.6 Å². The summed E-state index contributed by atoms with van der Waals surface area (Å²) >= 11 is 0. The standard InChI is InChI=1S/C17H20N2O2/c20-16-8-4-7-14-10-19(11-15(14)16)12-17(21)18-9-13-5-2-1-3-6-13/h1-3,5-6,10-11,16,20H,4,7-9,12H2,(H,18,21). The first-order valence-electron chi connectivity index (χ1n) is 7.39. The van der Waals surface area contributed by atoms with E-state index < -0.39 is 0 Å². The van der Waals surface area contributed by atoms with Crippen LogP contribution in [0.2, 0.25) is 0 Å². The van der Waals surface area contributed by atoms with Crippen molar-refractivity contribution in [3.63, 3.8) is 0 Å². The summed E-state index contributed by atoms with van der Waals surface area (Å²) < 4.78 is 1.87. The van der Waals surface area contributed by atoms with E-state index in [1.165, 1.54) is 5.56 Å². The zero-order chi connectivity index (χ0) is 14.7. The van der Waals surface area contributed by atoms with Crippen molar-refractivity contribution in [2.45, 2.75) is 38.5 Å². The van der Waals surface area contributed by atoms with Gasteiger partial charge in [-0.15, -0.1) is 0 Å². The van der Waals surface area contributed by atoms with Gasteiger partial charge in [0.2, 0.25) is 5.91 Å². The van der Waals surface area contributed by atoms with E-state index in [9.17, 15) is 9.90 Å². The molecule has 4 heteroatoms. The van der Waals surface area contributed by atoms with E-state index in [0.717, 1.165) is 30.4 Å². The van der Waals surface area contributed by atoms with Gasteiger partial charge in [0.15, 0.2) is 0 Å². The number of nitrogens with one attached hydrogen (secondary N) is 1. The van der Waals surface area contributed by atoms with Crippen molar-refractivity contribution < 1.29 is 9.90 Å². The largest absolute Gasteiger partial charge is 0.388 e. The number of benzene rings is 1. The lowest BCUT2D eigenvalue weighted by atomic mass is 9.93. The zero-order valence-corrected chi connectivity index (χ0v) is 12.0. The van der Waals surface area contributed by atoms with Gasteiger partial charge in [0.25, 0.3) is 0 Å². The Kier molecular flexibility index (Phi) is 4.06. The number of nitrogens with zero attached hydrogens (tertiary/aromatic N) is 1. The Morgan fingerprint density at radius 3 is 2.86 bits per heavy atom. The third-order valence-electron chi connectivity index (χ3n) is 3.94. The first-order chi connectivity index (χ1) is 10.2. The molecule has 0 spiro atoms. The second kappa shape index (κ2) is 6.14. The summed E-state index contributed by atoms with van der Waals surface area (Å²) in [6.45, 7) is 0.843. The second-order valence-corrected chi connectivity index (χ2v) is 5.58. The summed E-state index contributed by atoms with van der Waals surface area (Å²) in [5.74, 6) is -0.0133. The van der Waals surface area contributed by atoms with Gasteiger partial charge in [0.05, 0.1) is 6.10 Å². The first kappa shape index (κ1) is 13.9. The molecule has 1 aromatic heterocycles. The molecule has 0 fully saturated rings. The number of fused-ring (bicyclic) bond motifs is 1. The topological polar surface area (TPSA) is 54.3 Å². The predicted octanol–water partition coefficient (Wildman–Crippen LogP) is 2.17. The molecule has 1 heterocycles. The Balaban J connectivity index is 1.58. The third-order valence-corrected chi connectivity index (χ3v) is 3.94. The molecule has 1 atom stereocenters. The van der Waals surface area contributed by atoms with Gasteiger partial charge in [0, 0.05) is 24.5 Å². The Labute approximate surface area is 124 Å². The molecule has 0 saturated heterocycles. The van der Waals surface area contributed by atoms with Crippen LogP contribution in [0.4, 0.5) is 0 Å². The minimum Gasteiger partial charge on any atom is -0.388 e. The number of amides is 1. The molecule has 2 aromatic rings. The minimum absolute atomic E-state index is 0.0133. The van der Waals surface area contributed by atoms with E-state index in [4.69, 9.17) is 0 Å². The van der Waals surface area contributed by atoms with Crippen LogP contribution in [0.3, 0.4) is 0 Å². The molecule has 3 rings (SSSR count). The van der Waals surface area contributed by atoms with Crippen LogP contribution in [-0.4, -0.2) is 15.6 Å². The van der Waals surface area contributed by atoms with Gasteiger partial charge in [0.1, 0.15) is 6.54 Å². The molecule has 4 nitrogen and oxygen atoms in total. The van der Waals surface area contributed by atoms with Gasteiger partial charge >= 0.3 is 0 Å². The van der Waals surface area contributed by atoms with Gasteiger partial charge in [-0.25, -0.2) is 0 Å². The monoisotopic (exact) mass is 284 g/mol. The van der Waals surface area contributed by atoms with E-state index >= 15 is 0 Å². The number of hydrogen-bond donors (Lipinski definition) is 2. The molecule has 0 aliphatic heterocycles. The lowest BCUT2D eigenvalue weighted by Crippen LogP contribution is -2.26. The number of aryl methyl sites for hydroxylation is 1. The van der Waals surface area contributed by atoms with Crippen LogP contribution in [0.15, 0.2) is 42.7 Å². The summed E-state index contributed by atoms with van der Waals surface area (Å²) in [5.41, 5.74) is 3.25. The van der Waals surface area contributed by atoms with Gasteiger partial charge in [-0.1, -0.05) is 30.3 Å². The van der Waals surface area contributed by atoms with Crippen LogP contribution in [-0.2, 0) is 24.3 Å². The number of aromatic nitrogens is 1. The Morgan fingerprint density at radius 2 is 2.10 bits per heavy atom.